The van der Waals surface area contributed by atoms with Crippen LogP contribution in [0.15, 0.2) is 29.3 Å². The Morgan fingerprint density at radius 3 is 2.78 bits per heavy atom. The maximum atomic E-state index is 12.7. The Morgan fingerprint density at radius 1 is 1.37 bits per heavy atom. The quantitative estimate of drug-likeness (QED) is 0.700. The predicted molar refractivity (Wildman–Crippen MR) is 112 cm³/mol. The number of aliphatic imine (C=N–C) groups is 1. The first-order valence-corrected chi connectivity index (χ1v) is 13.4. The summed E-state index contributed by atoms with van der Waals surface area (Å²) >= 11 is 1.51. The number of hydrogen-bond donors (Lipinski definition) is 0. The van der Waals surface area contributed by atoms with Crippen LogP contribution in [0.25, 0.3) is 0 Å². The number of nitrogens with zero attached hydrogens (tertiary/aromatic N) is 2. The molecule has 5 nitrogen and oxygen atoms in total. The van der Waals surface area contributed by atoms with Gasteiger partial charge < -0.3 is 9.16 Å². The first-order chi connectivity index (χ1) is 12.5. The van der Waals surface area contributed by atoms with E-state index in [9.17, 15) is 4.79 Å². The second kappa shape index (κ2) is 6.09. The van der Waals surface area contributed by atoms with E-state index in [0.29, 0.717) is 12.4 Å². The normalized spacial score (nSPS) is 29.8. The average Bonchev–Trinajstić information content (AvgIpc) is 2.91. The zero-order valence-electron chi connectivity index (χ0n) is 16.9. The van der Waals surface area contributed by atoms with Crippen molar-refractivity contribution in [2.24, 2.45) is 10.9 Å². The van der Waals surface area contributed by atoms with Gasteiger partial charge in [0.2, 0.25) is 11.6 Å². The zero-order valence-corrected chi connectivity index (χ0v) is 18.7. The monoisotopic (exact) mass is 404 g/mol. The van der Waals surface area contributed by atoms with Gasteiger partial charge in [-0.15, -0.1) is 0 Å². The molecule has 4 rings (SSSR count). The highest BCUT2D eigenvalue weighted by molar-refractivity contribution is 8.15. The van der Waals surface area contributed by atoms with E-state index in [1.54, 1.807) is 0 Å². The van der Waals surface area contributed by atoms with E-state index in [2.05, 4.69) is 39.9 Å². The van der Waals surface area contributed by atoms with Gasteiger partial charge >= 0.3 is 0 Å². The van der Waals surface area contributed by atoms with Crippen LogP contribution in [0.2, 0.25) is 18.1 Å². The molecule has 3 aliphatic heterocycles. The summed E-state index contributed by atoms with van der Waals surface area (Å²) in [5.41, 5.74) is 0.340. The number of thioether (sulfide) groups is 1. The van der Waals surface area contributed by atoms with Gasteiger partial charge in [-0.25, -0.2) is 4.99 Å². The number of carbonyl (C=O) groups is 1. The lowest BCUT2D eigenvalue weighted by atomic mass is 9.81. The summed E-state index contributed by atoms with van der Waals surface area (Å²) in [5.74, 6) is 1.36. The van der Waals surface area contributed by atoms with Crippen LogP contribution in [0.3, 0.4) is 0 Å². The fourth-order valence-electron chi connectivity index (χ4n) is 3.73. The van der Waals surface area contributed by atoms with Gasteiger partial charge in [0, 0.05) is 12.2 Å². The molecule has 0 saturated carbocycles. The molecule has 1 aromatic rings. The van der Waals surface area contributed by atoms with E-state index in [1.165, 1.54) is 11.8 Å². The van der Waals surface area contributed by atoms with Crippen LogP contribution in [0.4, 0.5) is 0 Å². The first kappa shape index (κ1) is 19.0. The van der Waals surface area contributed by atoms with Gasteiger partial charge in [0.25, 0.3) is 0 Å². The highest BCUT2D eigenvalue weighted by Crippen LogP contribution is 2.53. The van der Waals surface area contributed by atoms with Gasteiger partial charge in [-0.3, -0.25) is 9.69 Å². The predicted octanol–water partition coefficient (Wildman–Crippen LogP) is 4.42. The molecule has 27 heavy (non-hydrogen) atoms. The first-order valence-electron chi connectivity index (χ1n) is 9.50. The number of benzene rings is 1. The summed E-state index contributed by atoms with van der Waals surface area (Å²) in [5, 5.41) is 0.912. The smallest absolute Gasteiger partial charge is 0.239 e. The van der Waals surface area contributed by atoms with Crippen LogP contribution in [0.5, 0.6) is 5.75 Å². The number of amidine groups is 1. The van der Waals surface area contributed by atoms with Crippen LogP contribution in [-0.4, -0.2) is 42.4 Å². The molecule has 1 amide bonds. The fraction of sp³-hybridized carbons (Fsp3) is 0.600. The molecule has 1 saturated heterocycles. The standard InChI is InChI=1S/C20H28N2O3SSi/c1-19(2,3)27(5,6)24-11-14-17-13-9-7-8-10-15(13)25-20(14,4)21-18-22(17)16(23)12-26-18/h7-10,14,17H,11-12H2,1-6H3/t14-,17-,20-/m1/s1. The van der Waals surface area contributed by atoms with Gasteiger partial charge in [-0.1, -0.05) is 50.7 Å². The summed E-state index contributed by atoms with van der Waals surface area (Å²) < 4.78 is 13.0. The number of amides is 1. The number of hydrogen-bond acceptors (Lipinski definition) is 5. The Hall–Kier alpha value is -1.31. The molecule has 0 spiro atoms. The summed E-state index contributed by atoms with van der Waals surface area (Å²) in [6, 6.07) is 7.93. The molecule has 0 unspecified atom stereocenters. The van der Waals surface area contributed by atoms with Crippen LogP contribution in [0.1, 0.15) is 39.3 Å². The molecule has 3 aliphatic rings. The van der Waals surface area contributed by atoms with Gasteiger partial charge in [0.15, 0.2) is 13.5 Å². The minimum atomic E-state index is -1.92. The highest BCUT2D eigenvalue weighted by atomic mass is 32.2. The van der Waals surface area contributed by atoms with E-state index in [1.807, 2.05) is 30.0 Å². The van der Waals surface area contributed by atoms with Crippen molar-refractivity contribution in [2.75, 3.05) is 12.4 Å². The third-order valence-electron chi connectivity index (χ3n) is 6.45. The molecule has 1 fully saturated rings. The molecule has 0 aromatic heterocycles. The molecule has 0 N–H and O–H groups in total. The summed E-state index contributed by atoms with van der Waals surface area (Å²) in [7, 11) is -1.92. The van der Waals surface area contributed by atoms with Gasteiger partial charge in [-0.05, 0) is 31.1 Å². The molecule has 0 radical (unpaired) electrons. The van der Waals surface area contributed by atoms with Crippen LogP contribution >= 0.6 is 11.8 Å². The van der Waals surface area contributed by atoms with Gasteiger partial charge in [0.05, 0.1) is 17.7 Å². The fourth-order valence-corrected chi connectivity index (χ4v) is 5.75. The number of fused-ring (bicyclic) bond motifs is 6. The van der Waals surface area contributed by atoms with Crippen molar-refractivity contribution in [2.45, 2.75) is 57.6 Å². The molecule has 3 atom stereocenters. The number of para-hydroxylation sites is 1. The van der Waals surface area contributed by atoms with Gasteiger partial charge in [-0.2, -0.15) is 0 Å². The number of carbonyl (C=O) groups excluding carboxylic acids is 1. The van der Waals surface area contributed by atoms with Crippen molar-refractivity contribution in [3.63, 3.8) is 0 Å². The van der Waals surface area contributed by atoms with Crippen molar-refractivity contribution in [3.05, 3.63) is 29.8 Å². The third-order valence-corrected chi connectivity index (χ3v) is 11.9. The minimum Gasteiger partial charge on any atom is -0.466 e. The lowest BCUT2D eigenvalue weighted by Crippen LogP contribution is -2.58. The SMILES string of the molecule is CC(C)(C)[Si](C)(C)OC[C@@H]1[C@H]2c3ccccc3O[C@@]1(C)N=C1SCC(=O)N12. The number of rotatable bonds is 3. The lowest BCUT2D eigenvalue weighted by molar-refractivity contribution is -0.132. The van der Waals surface area contributed by atoms with E-state index in [0.717, 1.165) is 16.5 Å². The average molecular weight is 405 g/mol. The Bertz CT molecular complexity index is 820. The zero-order chi connectivity index (χ0) is 19.6. The Morgan fingerprint density at radius 2 is 2.07 bits per heavy atom. The lowest BCUT2D eigenvalue weighted by Gasteiger charge is -2.51. The molecule has 146 valence electrons. The van der Waals surface area contributed by atoms with Crippen molar-refractivity contribution in [1.29, 1.82) is 0 Å². The van der Waals surface area contributed by atoms with E-state index in [-0.39, 0.29) is 22.9 Å². The van der Waals surface area contributed by atoms with E-state index in [4.69, 9.17) is 14.2 Å². The molecular formula is C20H28N2O3SSi. The van der Waals surface area contributed by atoms with Gasteiger partial charge in [0.1, 0.15) is 5.75 Å². The van der Waals surface area contributed by atoms with E-state index >= 15 is 0 Å². The van der Waals surface area contributed by atoms with Crippen molar-refractivity contribution in [3.8, 4) is 5.75 Å². The third kappa shape index (κ3) is 2.94. The topological polar surface area (TPSA) is 51.1 Å². The van der Waals surface area contributed by atoms with Crippen LogP contribution in [0, 0.1) is 5.92 Å². The summed E-state index contributed by atoms with van der Waals surface area (Å²) in [6.45, 7) is 13.8. The summed E-state index contributed by atoms with van der Waals surface area (Å²) in [6.07, 6.45) is 0. The highest BCUT2D eigenvalue weighted by Gasteiger charge is 2.57. The molecule has 3 heterocycles. The maximum Gasteiger partial charge on any atom is 0.239 e. The Labute approximate surface area is 166 Å². The molecule has 0 aliphatic carbocycles. The molecule has 7 heteroatoms. The second-order valence-electron chi connectivity index (χ2n) is 9.26. The molecule has 1 aromatic carbocycles. The van der Waals surface area contributed by atoms with Crippen molar-refractivity contribution < 1.29 is 14.0 Å². The maximum absolute atomic E-state index is 12.7. The summed E-state index contributed by atoms with van der Waals surface area (Å²) in [4.78, 5) is 19.4. The molecular weight excluding hydrogens is 376 g/mol. The van der Waals surface area contributed by atoms with Crippen molar-refractivity contribution in [1.82, 2.24) is 4.90 Å². The number of ether oxygens (including phenoxy) is 1. The Balaban J connectivity index is 1.75. The largest absolute Gasteiger partial charge is 0.466 e. The second-order valence-corrected chi connectivity index (χ2v) is 15.0. The van der Waals surface area contributed by atoms with E-state index < -0.39 is 14.0 Å². The van der Waals surface area contributed by atoms with Crippen LogP contribution < -0.4 is 4.74 Å². The van der Waals surface area contributed by atoms with Crippen LogP contribution in [-0.2, 0) is 9.22 Å². The van der Waals surface area contributed by atoms with Crippen molar-refractivity contribution >= 4 is 31.2 Å². The molecule has 2 bridgehead atoms. The minimum absolute atomic E-state index is 0.0343. The Kier molecular flexibility index (Phi) is 4.29.